The zero-order valence-corrected chi connectivity index (χ0v) is 21.1. The lowest BCUT2D eigenvalue weighted by Gasteiger charge is -2.37. The molecule has 0 unspecified atom stereocenters. The molecular weight excluding hydrogens is 366 g/mol. The number of hydrogen-bond acceptors (Lipinski definition) is 3. The second-order valence-electron chi connectivity index (χ2n) is 11.4. The quantitative estimate of drug-likeness (QED) is 0.452. The molecule has 0 aromatic carbocycles. The predicted molar refractivity (Wildman–Crippen MR) is 120 cm³/mol. The Hall–Kier alpha value is -0.683. The standard InChI is InChI=1S/C23H45NO3Si/c1-16(2)13-18(5)21(26)24-19(14-17(3)4)20(25)23(11-12-23)15-27-28(9,10)22(6,7)8/h16-19H,11-15H2,1-10H3,(H,24,26)/t18-,19+/m1/s1. The second-order valence-corrected chi connectivity index (χ2v) is 16.2. The van der Waals surface area contributed by atoms with Gasteiger partial charge in [0.05, 0.1) is 11.5 Å². The van der Waals surface area contributed by atoms with Gasteiger partial charge >= 0.3 is 0 Å². The lowest BCUT2D eigenvalue weighted by Crippen LogP contribution is -2.49. The van der Waals surface area contributed by atoms with Crippen molar-refractivity contribution >= 4 is 20.0 Å². The van der Waals surface area contributed by atoms with Crippen LogP contribution in [-0.2, 0) is 14.0 Å². The van der Waals surface area contributed by atoms with Crippen molar-refractivity contribution in [1.82, 2.24) is 5.32 Å². The monoisotopic (exact) mass is 411 g/mol. The number of hydrogen-bond donors (Lipinski definition) is 1. The van der Waals surface area contributed by atoms with Crippen LogP contribution in [0.4, 0.5) is 0 Å². The van der Waals surface area contributed by atoms with Gasteiger partial charge in [-0.1, -0.05) is 55.4 Å². The van der Waals surface area contributed by atoms with E-state index in [1.807, 2.05) is 6.92 Å². The Labute approximate surface area is 174 Å². The van der Waals surface area contributed by atoms with Crippen molar-refractivity contribution in [2.24, 2.45) is 23.2 Å². The highest BCUT2D eigenvalue weighted by atomic mass is 28.4. The minimum absolute atomic E-state index is 0.00816. The molecule has 0 aromatic rings. The molecule has 28 heavy (non-hydrogen) atoms. The molecule has 1 saturated carbocycles. The molecule has 0 radical (unpaired) electrons. The van der Waals surface area contributed by atoms with Crippen molar-refractivity contribution in [3.8, 4) is 0 Å². The van der Waals surface area contributed by atoms with Crippen molar-refractivity contribution in [2.75, 3.05) is 6.61 Å². The Bertz CT molecular complexity index is 545. The number of rotatable bonds is 11. The summed E-state index contributed by atoms with van der Waals surface area (Å²) in [4.78, 5) is 26.1. The molecule has 1 aliphatic rings. The van der Waals surface area contributed by atoms with E-state index in [-0.39, 0.29) is 28.1 Å². The van der Waals surface area contributed by atoms with E-state index in [1.54, 1.807) is 0 Å². The highest BCUT2D eigenvalue weighted by molar-refractivity contribution is 6.74. The van der Waals surface area contributed by atoms with Gasteiger partial charge in [-0.15, -0.1) is 0 Å². The van der Waals surface area contributed by atoms with Gasteiger partial charge in [0.1, 0.15) is 0 Å². The molecule has 1 N–H and O–H groups in total. The maximum Gasteiger partial charge on any atom is 0.223 e. The highest BCUT2D eigenvalue weighted by Crippen LogP contribution is 2.49. The number of carbonyl (C=O) groups excluding carboxylic acids is 2. The molecule has 2 atom stereocenters. The first-order chi connectivity index (χ1) is 12.6. The maximum atomic E-state index is 13.4. The Kier molecular flexibility index (Phi) is 8.53. The maximum absolute atomic E-state index is 13.4. The van der Waals surface area contributed by atoms with Crippen LogP contribution in [0.2, 0.25) is 18.1 Å². The number of carbonyl (C=O) groups is 2. The van der Waals surface area contributed by atoms with Gasteiger partial charge in [-0.25, -0.2) is 0 Å². The van der Waals surface area contributed by atoms with Crippen molar-refractivity contribution in [2.45, 2.75) is 105 Å². The Morgan fingerprint density at radius 3 is 1.89 bits per heavy atom. The van der Waals surface area contributed by atoms with Gasteiger partial charge in [-0.3, -0.25) is 9.59 Å². The average Bonchev–Trinajstić information content (AvgIpc) is 3.30. The second kappa shape index (κ2) is 9.42. The van der Waals surface area contributed by atoms with Crippen LogP contribution < -0.4 is 5.32 Å². The van der Waals surface area contributed by atoms with Crippen LogP contribution in [0.25, 0.3) is 0 Å². The first-order valence-corrected chi connectivity index (χ1v) is 14.0. The van der Waals surface area contributed by atoms with E-state index in [0.29, 0.717) is 24.9 Å². The van der Waals surface area contributed by atoms with E-state index in [1.165, 1.54) is 0 Å². The minimum atomic E-state index is -1.90. The third-order valence-electron chi connectivity index (χ3n) is 6.50. The number of Topliss-reactive ketones (excluding diaryl/α,β-unsaturated/α-hetero) is 1. The van der Waals surface area contributed by atoms with Gasteiger partial charge in [0.25, 0.3) is 0 Å². The van der Waals surface area contributed by atoms with E-state index in [2.05, 4.69) is 66.9 Å². The van der Waals surface area contributed by atoms with Gasteiger partial charge in [0.2, 0.25) is 5.91 Å². The fourth-order valence-corrected chi connectivity index (χ4v) is 4.42. The van der Waals surface area contributed by atoms with Gasteiger partial charge in [-0.05, 0) is 55.7 Å². The SMILES string of the molecule is CC(C)C[C@@H](C)C(=O)N[C@@H](CC(C)C)C(=O)C1(CO[Si](C)(C)C(C)(C)C)CC1. The molecule has 0 heterocycles. The Balaban J connectivity index is 2.85. The van der Waals surface area contributed by atoms with Crippen LogP contribution in [-0.4, -0.2) is 32.7 Å². The number of amides is 1. The summed E-state index contributed by atoms with van der Waals surface area (Å²) in [5, 5.41) is 3.22. The van der Waals surface area contributed by atoms with E-state index in [9.17, 15) is 9.59 Å². The molecule has 1 amide bonds. The van der Waals surface area contributed by atoms with Gasteiger partial charge in [0, 0.05) is 12.5 Å². The van der Waals surface area contributed by atoms with E-state index in [0.717, 1.165) is 19.3 Å². The molecule has 164 valence electrons. The molecule has 5 heteroatoms. The molecule has 0 saturated heterocycles. The first kappa shape index (κ1) is 25.4. The summed E-state index contributed by atoms with van der Waals surface area (Å²) < 4.78 is 6.41. The van der Waals surface area contributed by atoms with Crippen LogP contribution in [0.15, 0.2) is 0 Å². The van der Waals surface area contributed by atoms with Gasteiger partial charge in [0.15, 0.2) is 14.1 Å². The molecule has 0 bridgehead atoms. The summed E-state index contributed by atoms with van der Waals surface area (Å²) in [5.74, 6) is 0.944. The number of ketones is 1. The molecular formula is C23H45NO3Si. The summed E-state index contributed by atoms with van der Waals surface area (Å²) in [6.45, 7) is 22.0. The molecule has 0 aromatic heterocycles. The zero-order valence-electron chi connectivity index (χ0n) is 20.1. The predicted octanol–water partition coefficient (Wildman–Crippen LogP) is 5.57. The van der Waals surface area contributed by atoms with E-state index < -0.39 is 14.4 Å². The van der Waals surface area contributed by atoms with E-state index in [4.69, 9.17) is 4.43 Å². The van der Waals surface area contributed by atoms with Crippen LogP contribution in [0.3, 0.4) is 0 Å². The topological polar surface area (TPSA) is 55.4 Å². The van der Waals surface area contributed by atoms with Crippen molar-refractivity contribution < 1.29 is 14.0 Å². The molecule has 0 spiro atoms. The minimum Gasteiger partial charge on any atom is -0.416 e. The smallest absolute Gasteiger partial charge is 0.223 e. The fourth-order valence-electron chi connectivity index (χ4n) is 3.35. The number of nitrogens with one attached hydrogen (secondary N) is 1. The first-order valence-electron chi connectivity index (χ1n) is 11.1. The third-order valence-corrected chi connectivity index (χ3v) is 11.0. The normalized spacial score (nSPS) is 18.9. The lowest BCUT2D eigenvalue weighted by molar-refractivity contribution is -0.133. The van der Waals surface area contributed by atoms with Crippen molar-refractivity contribution in [1.29, 1.82) is 0 Å². The summed E-state index contributed by atoms with van der Waals surface area (Å²) in [5.41, 5.74) is -0.385. The van der Waals surface area contributed by atoms with Crippen LogP contribution in [0, 0.1) is 23.2 Å². The molecule has 1 aliphatic carbocycles. The van der Waals surface area contributed by atoms with Gasteiger partial charge in [-0.2, -0.15) is 0 Å². The molecule has 4 nitrogen and oxygen atoms in total. The molecule has 0 aliphatic heterocycles. The van der Waals surface area contributed by atoms with Crippen LogP contribution in [0.5, 0.6) is 0 Å². The zero-order chi connectivity index (χ0) is 21.9. The Morgan fingerprint density at radius 2 is 1.50 bits per heavy atom. The van der Waals surface area contributed by atoms with Gasteiger partial charge < -0.3 is 9.74 Å². The summed E-state index contributed by atoms with van der Waals surface area (Å²) in [6.07, 6.45) is 3.30. The molecule has 1 rings (SSSR count). The van der Waals surface area contributed by atoms with Crippen LogP contribution >= 0.6 is 0 Å². The summed E-state index contributed by atoms with van der Waals surface area (Å²) >= 11 is 0. The average molecular weight is 412 g/mol. The van der Waals surface area contributed by atoms with Crippen LogP contribution in [0.1, 0.15) is 81.1 Å². The Morgan fingerprint density at radius 1 is 1.00 bits per heavy atom. The van der Waals surface area contributed by atoms with E-state index >= 15 is 0 Å². The fraction of sp³-hybridized carbons (Fsp3) is 0.913. The lowest BCUT2D eigenvalue weighted by atomic mass is 9.89. The highest BCUT2D eigenvalue weighted by Gasteiger charge is 2.53. The largest absolute Gasteiger partial charge is 0.416 e. The molecule has 1 fully saturated rings. The van der Waals surface area contributed by atoms with Crippen molar-refractivity contribution in [3.63, 3.8) is 0 Å². The summed E-state index contributed by atoms with van der Waals surface area (Å²) in [6, 6.07) is -0.396. The third kappa shape index (κ3) is 6.98. The summed E-state index contributed by atoms with van der Waals surface area (Å²) in [7, 11) is -1.90. The van der Waals surface area contributed by atoms with Crippen molar-refractivity contribution in [3.05, 3.63) is 0 Å².